The van der Waals surface area contributed by atoms with Crippen molar-refractivity contribution in [1.82, 2.24) is 19.1 Å². The normalized spacial score (nSPS) is 19.2. The van der Waals surface area contributed by atoms with Crippen molar-refractivity contribution >= 4 is 5.82 Å². The lowest BCUT2D eigenvalue weighted by molar-refractivity contribution is 0.388. The molecule has 2 fully saturated rings. The van der Waals surface area contributed by atoms with E-state index in [0.29, 0.717) is 12.0 Å². The lowest BCUT2D eigenvalue weighted by atomic mass is 10.1. The predicted octanol–water partition coefficient (Wildman–Crippen LogP) is 3.30. The summed E-state index contributed by atoms with van der Waals surface area (Å²) in [5, 5.41) is 0. The van der Waals surface area contributed by atoms with Crippen LogP contribution in [0, 0.1) is 0 Å². The average molecular weight is 285 g/mol. The van der Waals surface area contributed by atoms with E-state index in [2.05, 4.69) is 34.9 Å². The van der Waals surface area contributed by atoms with Crippen LogP contribution in [-0.2, 0) is 5.54 Å². The molecule has 2 aliphatic rings. The summed E-state index contributed by atoms with van der Waals surface area (Å²) in [6, 6.07) is 0.589. The van der Waals surface area contributed by atoms with Gasteiger partial charge in [0.1, 0.15) is 17.3 Å². The third kappa shape index (κ3) is 2.06. The van der Waals surface area contributed by atoms with Gasteiger partial charge in [0.2, 0.25) is 0 Å². The number of imidazole rings is 2. The molecule has 2 aliphatic carbocycles. The molecule has 0 aliphatic heterocycles. The standard InChI is InChI=1S/C16H23N5/c1-16(2,3)21-14(17)13(19-15(21)10-4-5-10)12-8-18-9-20(12)11-6-7-11/h8-11H,4-7,17H2,1-3H3. The molecule has 2 saturated carbocycles. The van der Waals surface area contributed by atoms with Crippen LogP contribution in [0.5, 0.6) is 0 Å². The summed E-state index contributed by atoms with van der Waals surface area (Å²) in [4.78, 5) is 9.25. The monoisotopic (exact) mass is 285 g/mol. The van der Waals surface area contributed by atoms with Crippen molar-refractivity contribution in [1.29, 1.82) is 0 Å². The summed E-state index contributed by atoms with van der Waals surface area (Å²) in [7, 11) is 0. The zero-order valence-electron chi connectivity index (χ0n) is 13.0. The molecule has 21 heavy (non-hydrogen) atoms. The minimum atomic E-state index is -0.0440. The molecule has 0 saturated heterocycles. The lowest BCUT2D eigenvalue weighted by Gasteiger charge is -2.25. The van der Waals surface area contributed by atoms with E-state index in [-0.39, 0.29) is 5.54 Å². The van der Waals surface area contributed by atoms with Gasteiger partial charge in [0.25, 0.3) is 0 Å². The molecule has 5 nitrogen and oxygen atoms in total. The second kappa shape index (κ2) is 4.12. The largest absolute Gasteiger partial charge is 0.383 e. The van der Waals surface area contributed by atoms with Gasteiger partial charge in [-0.3, -0.25) is 0 Å². The van der Waals surface area contributed by atoms with Crippen molar-refractivity contribution in [3.05, 3.63) is 18.3 Å². The zero-order valence-corrected chi connectivity index (χ0v) is 13.0. The van der Waals surface area contributed by atoms with Gasteiger partial charge in [0.15, 0.2) is 0 Å². The number of nitrogens with zero attached hydrogens (tertiary/aromatic N) is 4. The molecule has 4 rings (SSSR count). The Morgan fingerprint density at radius 2 is 1.90 bits per heavy atom. The number of nitrogen functional groups attached to an aromatic ring is 1. The van der Waals surface area contributed by atoms with E-state index in [9.17, 15) is 0 Å². The van der Waals surface area contributed by atoms with Crippen molar-refractivity contribution < 1.29 is 0 Å². The average Bonchev–Trinajstić information content (AvgIpc) is 3.32. The van der Waals surface area contributed by atoms with Crippen LogP contribution in [-0.4, -0.2) is 19.1 Å². The molecular weight excluding hydrogens is 262 g/mol. The Labute approximate surface area is 125 Å². The zero-order chi connectivity index (χ0) is 14.8. The first-order valence-electron chi connectivity index (χ1n) is 7.87. The van der Waals surface area contributed by atoms with Gasteiger partial charge in [-0.1, -0.05) is 0 Å². The Balaban J connectivity index is 1.87. The fourth-order valence-corrected chi connectivity index (χ4v) is 3.09. The maximum absolute atomic E-state index is 6.50. The Kier molecular flexibility index (Phi) is 2.53. The number of nitrogens with two attached hydrogens (primary N) is 1. The molecular formula is C16H23N5. The highest BCUT2D eigenvalue weighted by Crippen LogP contribution is 2.45. The van der Waals surface area contributed by atoms with Crippen LogP contribution < -0.4 is 5.73 Å². The first-order chi connectivity index (χ1) is 9.97. The van der Waals surface area contributed by atoms with Gasteiger partial charge in [-0.05, 0) is 46.5 Å². The Bertz CT molecular complexity index is 680. The highest BCUT2D eigenvalue weighted by molar-refractivity contribution is 5.69. The number of rotatable bonds is 3. The summed E-state index contributed by atoms with van der Waals surface area (Å²) in [6.07, 6.45) is 8.75. The number of hydrogen-bond donors (Lipinski definition) is 1. The van der Waals surface area contributed by atoms with Gasteiger partial charge >= 0.3 is 0 Å². The maximum Gasteiger partial charge on any atom is 0.133 e. The molecule has 0 unspecified atom stereocenters. The van der Waals surface area contributed by atoms with Crippen molar-refractivity contribution in [2.24, 2.45) is 0 Å². The van der Waals surface area contributed by atoms with Crippen molar-refractivity contribution in [3.8, 4) is 11.4 Å². The lowest BCUT2D eigenvalue weighted by Crippen LogP contribution is -2.25. The SMILES string of the molecule is CC(C)(C)n1c(C2CC2)nc(-c2cncn2C2CC2)c1N. The topological polar surface area (TPSA) is 61.7 Å². The predicted molar refractivity (Wildman–Crippen MR) is 83.1 cm³/mol. The van der Waals surface area contributed by atoms with E-state index in [1.165, 1.54) is 25.7 Å². The third-order valence-electron chi connectivity index (χ3n) is 4.40. The smallest absolute Gasteiger partial charge is 0.133 e. The van der Waals surface area contributed by atoms with Gasteiger partial charge in [-0.2, -0.15) is 0 Å². The van der Waals surface area contributed by atoms with Gasteiger partial charge in [-0.25, -0.2) is 9.97 Å². The van der Waals surface area contributed by atoms with Crippen LogP contribution in [0.25, 0.3) is 11.4 Å². The minimum absolute atomic E-state index is 0.0440. The second-order valence-corrected chi connectivity index (χ2v) is 7.40. The Morgan fingerprint density at radius 1 is 1.19 bits per heavy atom. The molecule has 2 heterocycles. The van der Waals surface area contributed by atoms with Gasteiger partial charge in [0.05, 0.1) is 18.2 Å². The van der Waals surface area contributed by atoms with E-state index in [0.717, 1.165) is 23.0 Å². The quantitative estimate of drug-likeness (QED) is 0.941. The Morgan fingerprint density at radius 3 is 2.48 bits per heavy atom. The van der Waals surface area contributed by atoms with Crippen LogP contribution in [0.2, 0.25) is 0 Å². The first-order valence-corrected chi connectivity index (χ1v) is 7.87. The number of anilines is 1. The molecule has 0 aromatic carbocycles. The minimum Gasteiger partial charge on any atom is -0.383 e. The number of aromatic nitrogens is 4. The molecule has 2 aromatic rings. The van der Waals surface area contributed by atoms with Gasteiger partial charge in [0, 0.05) is 17.5 Å². The molecule has 0 spiro atoms. The Hall–Kier alpha value is -1.78. The van der Waals surface area contributed by atoms with Crippen LogP contribution in [0.4, 0.5) is 5.82 Å². The van der Waals surface area contributed by atoms with Gasteiger partial charge in [-0.15, -0.1) is 0 Å². The molecule has 0 amide bonds. The molecule has 112 valence electrons. The molecule has 0 atom stereocenters. The first kappa shape index (κ1) is 12.9. The van der Waals surface area contributed by atoms with Crippen molar-refractivity contribution in [3.63, 3.8) is 0 Å². The summed E-state index contributed by atoms with van der Waals surface area (Å²) >= 11 is 0. The molecule has 2 N–H and O–H groups in total. The fraction of sp³-hybridized carbons (Fsp3) is 0.625. The number of hydrogen-bond acceptors (Lipinski definition) is 3. The molecule has 2 aromatic heterocycles. The third-order valence-corrected chi connectivity index (χ3v) is 4.40. The van der Waals surface area contributed by atoms with E-state index < -0.39 is 0 Å². The van der Waals surface area contributed by atoms with Crippen LogP contribution in [0.15, 0.2) is 12.5 Å². The summed E-state index contributed by atoms with van der Waals surface area (Å²) in [5.74, 6) is 2.52. The summed E-state index contributed by atoms with van der Waals surface area (Å²) in [6.45, 7) is 6.58. The van der Waals surface area contributed by atoms with Crippen molar-refractivity contribution in [2.75, 3.05) is 5.73 Å². The summed E-state index contributed by atoms with van der Waals surface area (Å²) in [5.41, 5.74) is 8.43. The van der Waals surface area contributed by atoms with E-state index in [1.807, 2.05) is 12.5 Å². The van der Waals surface area contributed by atoms with E-state index in [4.69, 9.17) is 10.7 Å². The van der Waals surface area contributed by atoms with E-state index >= 15 is 0 Å². The van der Waals surface area contributed by atoms with Crippen LogP contribution >= 0.6 is 0 Å². The van der Waals surface area contributed by atoms with E-state index in [1.54, 1.807) is 0 Å². The molecule has 5 heteroatoms. The highest BCUT2D eigenvalue weighted by atomic mass is 15.2. The summed E-state index contributed by atoms with van der Waals surface area (Å²) < 4.78 is 4.46. The maximum atomic E-state index is 6.50. The molecule has 0 radical (unpaired) electrons. The molecule has 0 bridgehead atoms. The second-order valence-electron chi connectivity index (χ2n) is 7.40. The highest BCUT2D eigenvalue weighted by Gasteiger charge is 2.35. The van der Waals surface area contributed by atoms with Gasteiger partial charge < -0.3 is 14.9 Å². The van der Waals surface area contributed by atoms with Crippen molar-refractivity contribution in [2.45, 2.75) is 64.0 Å². The van der Waals surface area contributed by atoms with Crippen LogP contribution in [0.3, 0.4) is 0 Å². The van der Waals surface area contributed by atoms with Crippen LogP contribution in [0.1, 0.15) is 64.2 Å². The fourth-order valence-electron chi connectivity index (χ4n) is 3.09.